The summed E-state index contributed by atoms with van der Waals surface area (Å²) in [7, 11) is 1.47. The molecule has 1 N–H and O–H groups in total. The minimum atomic E-state index is -0.706. The highest BCUT2D eigenvalue weighted by molar-refractivity contribution is 14.1. The molecule has 1 aliphatic carbocycles. The summed E-state index contributed by atoms with van der Waals surface area (Å²) < 4.78 is 16.1. The summed E-state index contributed by atoms with van der Waals surface area (Å²) in [4.78, 5) is 20.7. The number of rotatable bonds is 9. The third kappa shape index (κ3) is 6.19. The lowest BCUT2D eigenvalue weighted by Gasteiger charge is -2.12. The number of nitrogens with zero attached hydrogens (tertiary/aromatic N) is 3. The van der Waals surface area contributed by atoms with Crippen molar-refractivity contribution < 1.29 is 17.3 Å². The van der Waals surface area contributed by atoms with Crippen molar-refractivity contribution in [2.24, 2.45) is 5.92 Å². The van der Waals surface area contributed by atoms with Gasteiger partial charge in [0.2, 0.25) is 5.95 Å². The number of anilines is 1. The largest absolute Gasteiger partial charge is 0.501 e. The molecule has 1 fully saturated rings. The number of ether oxygens (including phenoxy) is 2. The standard InChI is InChI=1S/C20H23IN4O4/c1-4-16(13(2)27-3)18(29-21)17(9-22)19(26)25-20-23-10-15(11-24-20)28-12-14-7-5-6-8-14/h4,10-11,14H,1,5-8,12H2,2-3H3,(H,23,24,25,26)/b16-13+,18-17-. The van der Waals surface area contributed by atoms with E-state index in [9.17, 15) is 10.1 Å². The third-order valence-corrected chi connectivity index (χ3v) is 5.03. The number of carbonyl (C=O) groups excluding carboxylic acids is 1. The van der Waals surface area contributed by atoms with Gasteiger partial charge in [-0.2, -0.15) is 5.26 Å². The van der Waals surface area contributed by atoms with Crippen LogP contribution in [0.4, 0.5) is 5.95 Å². The second kappa shape index (κ2) is 11.4. The molecule has 154 valence electrons. The Kier molecular flexibility index (Phi) is 8.92. The van der Waals surface area contributed by atoms with Crippen molar-refractivity contribution in [1.29, 1.82) is 5.26 Å². The number of amides is 1. The molecule has 1 aromatic rings. The van der Waals surface area contributed by atoms with Gasteiger partial charge in [-0.3, -0.25) is 10.1 Å². The highest BCUT2D eigenvalue weighted by atomic mass is 127. The van der Waals surface area contributed by atoms with E-state index < -0.39 is 5.91 Å². The lowest BCUT2D eigenvalue weighted by Crippen LogP contribution is -2.18. The molecule has 0 spiro atoms. The molecule has 0 atom stereocenters. The summed E-state index contributed by atoms with van der Waals surface area (Å²) in [5.74, 6) is 0.948. The first-order valence-electron chi connectivity index (χ1n) is 9.10. The molecular formula is C20H23IN4O4. The fourth-order valence-electron chi connectivity index (χ4n) is 2.94. The molecule has 2 rings (SSSR count). The minimum absolute atomic E-state index is 0.0384. The van der Waals surface area contributed by atoms with Crippen molar-refractivity contribution in [3.63, 3.8) is 0 Å². The molecule has 1 heterocycles. The number of hydrogen-bond donors (Lipinski definition) is 1. The fraction of sp³-hybridized carbons (Fsp3) is 0.400. The summed E-state index contributed by atoms with van der Waals surface area (Å²) in [6, 6.07) is 1.85. The molecule has 8 nitrogen and oxygen atoms in total. The van der Waals surface area contributed by atoms with Gasteiger partial charge in [0, 0.05) is 0 Å². The van der Waals surface area contributed by atoms with Crippen molar-refractivity contribution in [1.82, 2.24) is 9.97 Å². The van der Waals surface area contributed by atoms with E-state index in [2.05, 4.69) is 21.9 Å². The van der Waals surface area contributed by atoms with Crippen LogP contribution in [0.3, 0.4) is 0 Å². The Bertz CT molecular complexity index is 837. The zero-order valence-electron chi connectivity index (χ0n) is 16.4. The van der Waals surface area contributed by atoms with Crippen molar-refractivity contribution in [3.05, 3.63) is 47.7 Å². The molecule has 1 amide bonds. The van der Waals surface area contributed by atoms with Crippen LogP contribution in [0, 0.1) is 17.2 Å². The van der Waals surface area contributed by atoms with E-state index in [1.807, 2.05) is 6.07 Å². The molecule has 9 heteroatoms. The van der Waals surface area contributed by atoms with Crippen LogP contribution in [0.15, 0.2) is 47.7 Å². The Morgan fingerprint density at radius 2 is 2.07 bits per heavy atom. The van der Waals surface area contributed by atoms with Gasteiger partial charge in [0.1, 0.15) is 11.8 Å². The molecule has 1 aliphatic rings. The SMILES string of the molecule is C=CC(/C(OI)=C(\C#N)C(=O)Nc1ncc(OCC2CCCC2)cn1)=C(/C)OC. The number of nitrogens with one attached hydrogen (secondary N) is 1. The first-order chi connectivity index (χ1) is 14.0. The highest BCUT2D eigenvalue weighted by Gasteiger charge is 2.22. The van der Waals surface area contributed by atoms with Crippen LogP contribution in [-0.2, 0) is 12.6 Å². The van der Waals surface area contributed by atoms with Gasteiger partial charge in [0.25, 0.3) is 5.91 Å². The maximum atomic E-state index is 12.6. The van der Waals surface area contributed by atoms with Crippen LogP contribution < -0.4 is 10.1 Å². The summed E-state index contributed by atoms with van der Waals surface area (Å²) in [5, 5.41) is 12.0. The van der Waals surface area contributed by atoms with Crippen molar-refractivity contribution in [3.8, 4) is 11.8 Å². The van der Waals surface area contributed by atoms with Gasteiger partial charge in [0.15, 0.2) is 40.1 Å². The summed E-state index contributed by atoms with van der Waals surface area (Å²) in [6.45, 7) is 5.99. The first kappa shape index (κ1) is 22.7. The second-order valence-electron chi connectivity index (χ2n) is 6.43. The van der Waals surface area contributed by atoms with Crippen molar-refractivity contribution in [2.45, 2.75) is 32.6 Å². The summed E-state index contributed by atoms with van der Waals surface area (Å²) in [5.41, 5.74) is 0.140. The quantitative estimate of drug-likeness (QED) is 0.174. The normalized spacial score (nSPS) is 15.5. The lowest BCUT2D eigenvalue weighted by molar-refractivity contribution is -0.112. The molecule has 1 aromatic heterocycles. The van der Waals surface area contributed by atoms with Gasteiger partial charge in [-0.25, -0.2) is 9.97 Å². The van der Waals surface area contributed by atoms with E-state index in [0.717, 1.165) is 0 Å². The van der Waals surface area contributed by atoms with Crippen LogP contribution in [0.25, 0.3) is 0 Å². The van der Waals surface area contributed by atoms with Gasteiger partial charge < -0.3 is 12.5 Å². The topological polar surface area (TPSA) is 106 Å². The Hall–Kier alpha value is -2.61. The number of allylic oxidation sites excluding steroid dienone is 2. The van der Waals surface area contributed by atoms with Gasteiger partial charge in [-0.15, -0.1) is 0 Å². The smallest absolute Gasteiger partial charge is 0.272 e. The van der Waals surface area contributed by atoms with Crippen molar-refractivity contribution >= 4 is 34.9 Å². The lowest BCUT2D eigenvalue weighted by atomic mass is 10.1. The molecule has 0 saturated heterocycles. The summed E-state index contributed by atoms with van der Waals surface area (Å²) in [6.07, 6.45) is 9.30. The van der Waals surface area contributed by atoms with Gasteiger partial charge >= 0.3 is 0 Å². The fourth-order valence-corrected chi connectivity index (χ4v) is 3.39. The van der Waals surface area contributed by atoms with Crippen LogP contribution in [0.2, 0.25) is 0 Å². The highest BCUT2D eigenvalue weighted by Crippen LogP contribution is 2.26. The maximum Gasteiger partial charge on any atom is 0.272 e. The van der Waals surface area contributed by atoms with Crippen LogP contribution >= 0.6 is 23.0 Å². The Morgan fingerprint density at radius 1 is 1.41 bits per heavy atom. The zero-order chi connectivity index (χ0) is 21.2. The van der Waals surface area contributed by atoms with E-state index >= 15 is 0 Å². The van der Waals surface area contributed by atoms with E-state index in [-0.39, 0.29) is 17.3 Å². The number of carbonyl (C=O) groups is 1. The van der Waals surface area contributed by atoms with E-state index in [1.54, 1.807) is 29.9 Å². The number of hydrogen-bond acceptors (Lipinski definition) is 7. The van der Waals surface area contributed by atoms with Crippen LogP contribution in [-0.4, -0.2) is 29.6 Å². The Balaban J connectivity index is 2.12. The van der Waals surface area contributed by atoms with Gasteiger partial charge in [0.05, 0.1) is 31.7 Å². The van der Waals surface area contributed by atoms with E-state index in [4.69, 9.17) is 12.5 Å². The monoisotopic (exact) mass is 510 g/mol. The Morgan fingerprint density at radius 3 is 2.59 bits per heavy atom. The predicted octanol–water partition coefficient (Wildman–Crippen LogP) is 4.23. The van der Waals surface area contributed by atoms with Crippen molar-refractivity contribution in [2.75, 3.05) is 19.0 Å². The molecule has 0 unspecified atom stereocenters. The zero-order valence-corrected chi connectivity index (χ0v) is 18.6. The van der Waals surface area contributed by atoms with Gasteiger partial charge in [-0.05, 0) is 25.7 Å². The van der Waals surface area contributed by atoms with Crippen LogP contribution in [0.5, 0.6) is 5.75 Å². The Labute approximate surface area is 184 Å². The molecule has 0 aliphatic heterocycles. The maximum absolute atomic E-state index is 12.6. The van der Waals surface area contributed by atoms with E-state index in [1.165, 1.54) is 51.3 Å². The first-order valence-corrected chi connectivity index (χ1v) is 9.98. The number of aromatic nitrogens is 2. The number of nitriles is 1. The minimum Gasteiger partial charge on any atom is -0.501 e. The average molecular weight is 510 g/mol. The second-order valence-corrected chi connectivity index (χ2v) is 6.87. The summed E-state index contributed by atoms with van der Waals surface area (Å²) >= 11 is 1.60. The molecular weight excluding hydrogens is 487 g/mol. The third-order valence-electron chi connectivity index (χ3n) is 4.59. The molecule has 1 saturated carbocycles. The molecule has 0 radical (unpaired) electrons. The number of methoxy groups -OCH3 is 1. The van der Waals surface area contributed by atoms with E-state index in [0.29, 0.717) is 29.6 Å². The molecule has 0 aromatic carbocycles. The molecule has 0 bridgehead atoms. The number of halogens is 1. The van der Waals surface area contributed by atoms with Gasteiger partial charge in [-0.1, -0.05) is 25.5 Å². The molecule has 29 heavy (non-hydrogen) atoms. The van der Waals surface area contributed by atoms with Crippen LogP contribution in [0.1, 0.15) is 32.6 Å². The average Bonchev–Trinajstić information content (AvgIpc) is 3.26. The predicted molar refractivity (Wildman–Crippen MR) is 116 cm³/mol.